The van der Waals surface area contributed by atoms with Crippen LogP contribution in [0.1, 0.15) is 12.5 Å². The van der Waals surface area contributed by atoms with E-state index in [4.69, 9.17) is 9.47 Å². The van der Waals surface area contributed by atoms with E-state index in [-0.39, 0.29) is 6.61 Å². The van der Waals surface area contributed by atoms with Crippen LogP contribution >= 0.6 is 0 Å². The number of amidine groups is 1. The Kier molecular flexibility index (Phi) is 5.49. The van der Waals surface area contributed by atoms with Crippen LogP contribution in [-0.2, 0) is 4.74 Å². The second kappa shape index (κ2) is 8.99. The monoisotopic (exact) mass is 497 g/mol. The Bertz CT molecular complexity index is 1650. The number of anilines is 3. The summed E-state index contributed by atoms with van der Waals surface area (Å²) >= 11 is 0. The maximum absolute atomic E-state index is 9.51. The number of nitrogens with zero attached hydrogens (tertiary/aromatic N) is 7. The Labute approximate surface area is 211 Å². The van der Waals surface area contributed by atoms with E-state index in [1.807, 2.05) is 50.2 Å². The summed E-state index contributed by atoms with van der Waals surface area (Å²) in [6.45, 7) is 4.02. The third-order valence-electron chi connectivity index (χ3n) is 5.92. The lowest BCUT2D eigenvalue weighted by molar-refractivity contribution is 0.170. The van der Waals surface area contributed by atoms with Crippen LogP contribution in [0, 0.1) is 6.92 Å². The molecule has 37 heavy (non-hydrogen) atoms. The average Bonchev–Trinajstić information content (AvgIpc) is 3.52. The smallest absolute Gasteiger partial charge is 0.290 e. The number of ether oxygens (including phenoxy) is 2. The first-order chi connectivity index (χ1) is 18.0. The Hall–Kier alpha value is -4.84. The quantitative estimate of drug-likeness (QED) is 0.319. The van der Waals surface area contributed by atoms with Crippen LogP contribution in [-0.4, -0.2) is 59.4 Å². The average molecular weight is 498 g/mol. The van der Waals surface area contributed by atoms with Gasteiger partial charge in [0.15, 0.2) is 5.65 Å². The Morgan fingerprint density at radius 2 is 1.89 bits per heavy atom. The van der Waals surface area contributed by atoms with Crippen molar-refractivity contribution in [2.75, 3.05) is 23.8 Å². The van der Waals surface area contributed by atoms with Crippen LogP contribution in [0.25, 0.3) is 16.6 Å². The standard InChI is InChI=1S/C25H23N9O3/c1-15-7-16(4-6-20(15)37-22-9-21-27-13-30-34(21)14-29-22)31-23-18-8-17(3-5-19(18)26-12-28-23)32-24-33-25(2,10-35)11-36-24/h3-9,12-14,35H,10-11H2,1-2H3,(H,32,33)(H,26,28,31). The summed E-state index contributed by atoms with van der Waals surface area (Å²) in [5, 5.41) is 20.9. The van der Waals surface area contributed by atoms with Gasteiger partial charge in [-0.1, -0.05) is 0 Å². The van der Waals surface area contributed by atoms with Gasteiger partial charge in [0.1, 0.15) is 42.7 Å². The van der Waals surface area contributed by atoms with Crippen LogP contribution in [0.4, 0.5) is 17.2 Å². The van der Waals surface area contributed by atoms with E-state index in [2.05, 4.69) is 40.7 Å². The normalized spacial score (nSPS) is 17.0. The topological polar surface area (TPSA) is 144 Å². The Morgan fingerprint density at radius 1 is 1.03 bits per heavy atom. The molecule has 6 rings (SSSR count). The van der Waals surface area contributed by atoms with Crippen molar-refractivity contribution in [3.63, 3.8) is 0 Å². The number of hydrogen-bond acceptors (Lipinski definition) is 11. The van der Waals surface area contributed by atoms with Gasteiger partial charge in [0.25, 0.3) is 6.02 Å². The molecule has 0 fully saturated rings. The minimum Gasteiger partial charge on any atom is -0.462 e. The predicted molar refractivity (Wildman–Crippen MR) is 137 cm³/mol. The van der Waals surface area contributed by atoms with Gasteiger partial charge in [0.05, 0.1) is 12.1 Å². The van der Waals surface area contributed by atoms with E-state index in [0.717, 1.165) is 27.8 Å². The summed E-state index contributed by atoms with van der Waals surface area (Å²) in [4.78, 5) is 21.7. The molecule has 4 heterocycles. The zero-order valence-electron chi connectivity index (χ0n) is 20.1. The highest BCUT2D eigenvalue weighted by atomic mass is 16.5. The Morgan fingerprint density at radius 3 is 2.73 bits per heavy atom. The molecule has 3 aromatic heterocycles. The summed E-state index contributed by atoms with van der Waals surface area (Å²) < 4.78 is 13.1. The number of aliphatic hydroxyl groups excluding tert-OH is 1. The highest BCUT2D eigenvalue weighted by molar-refractivity contribution is 5.97. The number of hydrogen-bond donors (Lipinski definition) is 3. The van der Waals surface area contributed by atoms with Gasteiger partial charge in [-0.25, -0.2) is 29.4 Å². The minimum absolute atomic E-state index is 0.0886. The van der Waals surface area contributed by atoms with Gasteiger partial charge in [0, 0.05) is 22.8 Å². The maximum atomic E-state index is 9.51. The number of benzene rings is 2. The summed E-state index contributed by atoms with van der Waals surface area (Å²) in [6.07, 6.45) is 4.54. The zero-order chi connectivity index (χ0) is 25.4. The predicted octanol–water partition coefficient (Wildman–Crippen LogP) is 3.46. The summed E-state index contributed by atoms with van der Waals surface area (Å²) in [5.74, 6) is 1.75. The fraction of sp³-hybridized carbons (Fsp3) is 0.200. The molecule has 12 heteroatoms. The summed E-state index contributed by atoms with van der Waals surface area (Å²) in [5.41, 5.74) is 3.32. The molecule has 0 saturated carbocycles. The molecule has 2 aromatic carbocycles. The van der Waals surface area contributed by atoms with E-state index < -0.39 is 5.54 Å². The first-order valence-corrected chi connectivity index (χ1v) is 11.5. The van der Waals surface area contributed by atoms with Gasteiger partial charge in [-0.15, -0.1) is 0 Å². The van der Waals surface area contributed by atoms with Crippen molar-refractivity contribution in [2.24, 2.45) is 4.99 Å². The number of rotatable bonds is 6. The van der Waals surface area contributed by atoms with Crippen LogP contribution in [0.2, 0.25) is 0 Å². The third kappa shape index (κ3) is 4.57. The van der Waals surface area contributed by atoms with E-state index in [1.165, 1.54) is 12.7 Å². The molecular weight excluding hydrogens is 474 g/mol. The molecule has 0 bridgehead atoms. The molecule has 5 aromatic rings. The molecule has 0 radical (unpaired) electrons. The molecule has 1 unspecified atom stereocenters. The van der Waals surface area contributed by atoms with Crippen molar-refractivity contribution in [1.29, 1.82) is 0 Å². The van der Waals surface area contributed by atoms with E-state index >= 15 is 0 Å². The summed E-state index contributed by atoms with van der Waals surface area (Å²) in [6, 6.07) is 13.6. The number of aryl methyl sites for hydroxylation is 1. The minimum atomic E-state index is -0.637. The number of aromatic nitrogens is 6. The van der Waals surface area contributed by atoms with Gasteiger partial charge in [-0.05, 0) is 55.8 Å². The molecule has 3 N–H and O–H groups in total. The third-order valence-corrected chi connectivity index (χ3v) is 5.92. The van der Waals surface area contributed by atoms with Crippen molar-refractivity contribution in [1.82, 2.24) is 29.5 Å². The number of aliphatic hydroxyl groups is 1. The SMILES string of the molecule is Cc1cc(Nc2ncnc3ccc(NC4=NC(C)(CO)CO4)cc23)ccc1Oc1cc2ncnn2cn1. The van der Waals surface area contributed by atoms with Gasteiger partial charge < -0.3 is 25.2 Å². The number of aliphatic imine (C=N–C) groups is 1. The van der Waals surface area contributed by atoms with Gasteiger partial charge in [-0.2, -0.15) is 5.10 Å². The molecule has 1 aliphatic heterocycles. The van der Waals surface area contributed by atoms with Crippen molar-refractivity contribution >= 4 is 39.8 Å². The van der Waals surface area contributed by atoms with Crippen molar-refractivity contribution in [2.45, 2.75) is 19.4 Å². The molecule has 0 aliphatic carbocycles. The van der Waals surface area contributed by atoms with Gasteiger partial charge in [0.2, 0.25) is 5.88 Å². The van der Waals surface area contributed by atoms with E-state index in [0.29, 0.717) is 35.7 Å². The summed E-state index contributed by atoms with van der Waals surface area (Å²) in [7, 11) is 0. The van der Waals surface area contributed by atoms with Crippen molar-refractivity contribution < 1.29 is 14.6 Å². The molecule has 0 amide bonds. The number of fused-ring (bicyclic) bond motifs is 2. The molecule has 12 nitrogen and oxygen atoms in total. The van der Waals surface area contributed by atoms with Crippen LogP contribution < -0.4 is 15.4 Å². The number of nitrogens with one attached hydrogen (secondary N) is 2. The van der Waals surface area contributed by atoms with E-state index in [1.54, 1.807) is 16.9 Å². The van der Waals surface area contributed by atoms with E-state index in [9.17, 15) is 5.11 Å². The first kappa shape index (κ1) is 22.6. The zero-order valence-corrected chi connectivity index (χ0v) is 20.1. The van der Waals surface area contributed by atoms with Crippen LogP contribution in [0.15, 0.2) is 66.4 Å². The lowest BCUT2D eigenvalue weighted by Gasteiger charge is -2.13. The molecule has 1 aliphatic rings. The van der Waals surface area contributed by atoms with Crippen molar-refractivity contribution in [3.8, 4) is 11.6 Å². The Balaban J connectivity index is 1.23. The second-order valence-corrected chi connectivity index (χ2v) is 8.94. The highest BCUT2D eigenvalue weighted by Crippen LogP contribution is 2.30. The van der Waals surface area contributed by atoms with Gasteiger partial charge in [-0.3, -0.25) is 0 Å². The molecular formula is C25H23N9O3. The first-order valence-electron chi connectivity index (χ1n) is 11.5. The maximum Gasteiger partial charge on any atom is 0.290 e. The fourth-order valence-electron chi connectivity index (χ4n) is 3.89. The van der Waals surface area contributed by atoms with Gasteiger partial charge >= 0.3 is 0 Å². The lowest BCUT2D eigenvalue weighted by Crippen LogP contribution is -2.28. The lowest BCUT2D eigenvalue weighted by atomic mass is 10.1. The molecule has 1 atom stereocenters. The fourth-order valence-corrected chi connectivity index (χ4v) is 3.89. The molecule has 0 spiro atoms. The highest BCUT2D eigenvalue weighted by Gasteiger charge is 2.31. The second-order valence-electron chi connectivity index (χ2n) is 8.94. The van der Waals surface area contributed by atoms with Crippen molar-refractivity contribution in [3.05, 3.63) is 67.0 Å². The molecule has 186 valence electrons. The largest absolute Gasteiger partial charge is 0.462 e. The van der Waals surface area contributed by atoms with Crippen LogP contribution in [0.5, 0.6) is 11.6 Å². The van der Waals surface area contributed by atoms with Crippen LogP contribution in [0.3, 0.4) is 0 Å². The molecule has 0 saturated heterocycles.